The molecule has 2 aromatic rings. The molecule has 90 valence electrons. The van der Waals surface area contributed by atoms with E-state index in [0.29, 0.717) is 0 Å². The number of aromatic nitrogens is 1. The van der Waals surface area contributed by atoms with Crippen LogP contribution in [0.4, 0.5) is 0 Å². The van der Waals surface area contributed by atoms with Crippen LogP contribution in [-0.2, 0) is 6.54 Å². The fraction of sp³-hybridized carbons (Fsp3) is 0.308. The highest BCUT2D eigenvalue weighted by Gasteiger charge is 2.06. The molecule has 0 spiro atoms. The molecule has 0 aliphatic heterocycles. The predicted octanol–water partition coefficient (Wildman–Crippen LogP) is 3.00. The van der Waals surface area contributed by atoms with Crippen molar-refractivity contribution >= 4 is 11.3 Å². The number of nitrogens with zero attached hydrogens (tertiary/aromatic N) is 1. The van der Waals surface area contributed by atoms with Crippen LogP contribution >= 0.6 is 11.3 Å². The lowest BCUT2D eigenvalue weighted by molar-refractivity contribution is 0.414. The number of benzene rings is 1. The van der Waals surface area contributed by atoms with Crippen LogP contribution in [0.2, 0.25) is 0 Å². The zero-order chi connectivity index (χ0) is 12.1. The van der Waals surface area contributed by atoms with E-state index in [0.717, 1.165) is 17.3 Å². The molecule has 0 fully saturated rings. The van der Waals surface area contributed by atoms with E-state index in [9.17, 15) is 0 Å². The Morgan fingerprint density at radius 2 is 2.35 bits per heavy atom. The van der Waals surface area contributed by atoms with Gasteiger partial charge in [0.25, 0.3) is 0 Å². The first-order chi connectivity index (χ1) is 8.29. The first kappa shape index (κ1) is 12.1. The van der Waals surface area contributed by atoms with Crippen molar-refractivity contribution in [3.63, 3.8) is 0 Å². The first-order valence-corrected chi connectivity index (χ1v) is 6.43. The van der Waals surface area contributed by atoms with E-state index < -0.39 is 0 Å². The third-order valence-corrected chi connectivity index (χ3v) is 3.53. The van der Waals surface area contributed by atoms with E-state index >= 15 is 0 Å². The van der Waals surface area contributed by atoms with Crippen LogP contribution in [0, 0.1) is 0 Å². The average molecular weight is 248 g/mol. The lowest BCUT2D eigenvalue weighted by atomic mass is 10.2. The maximum absolute atomic E-state index is 5.20. The molecule has 0 aliphatic rings. The second kappa shape index (κ2) is 5.80. The molecule has 1 atom stereocenters. The van der Waals surface area contributed by atoms with Crippen molar-refractivity contribution in [1.29, 1.82) is 0 Å². The summed E-state index contributed by atoms with van der Waals surface area (Å²) >= 11 is 1.68. The van der Waals surface area contributed by atoms with E-state index in [1.165, 1.54) is 5.56 Å². The van der Waals surface area contributed by atoms with Crippen molar-refractivity contribution in [2.24, 2.45) is 0 Å². The van der Waals surface area contributed by atoms with Gasteiger partial charge in [0.1, 0.15) is 10.8 Å². The molecule has 0 amide bonds. The summed E-state index contributed by atoms with van der Waals surface area (Å²) < 4.78 is 5.20. The highest BCUT2D eigenvalue weighted by Crippen LogP contribution is 2.17. The van der Waals surface area contributed by atoms with E-state index in [-0.39, 0.29) is 6.04 Å². The molecule has 1 heterocycles. The van der Waals surface area contributed by atoms with Gasteiger partial charge in [-0.15, -0.1) is 11.3 Å². The summed E-state index contributed by atoms with van der Waals surface area (Å²) in [7, 11) is 1.69. The van der Waals surface area contributed by atoms with Crippen LogP contribution in [0.15, 0.2) is 35.8 Å². The van der Waals surface area contributed by atoms with Crippen molar-refractivity contribution in [2.45, 2.75) is 19.5 Å². The molecule has 0 radical (unpaired) electrons. The molecular weight excluding hydrogens is 232 g/mol. The Hall–Kier alpha value is -1.39. The summed E-state index contributed by atoms with van der Waals surface area (Å²) in [4.78, 5) is 4.29. The van der Waals surface area contributed by atoms with Crippen LogP contribution < -0.4 is 10.1 Å². The maximum atomic E-state index is 5.20. The third-order valence-electron chi connectivity index (χ3n) is 2.57. The lowest BCUT2D eigenvalue weighted by Crippen LogP contribution is -2.17. The molecule has 0 saturated carbocycles. The Morgan fingerprint density at radius 1 is 1.47 bits per heavy atom. The standard InChI is InChI=1S/C13H16N2OS/c1-10(13-14-6-7-17-13)15-9-11-4-3-5-12(8-11)16-2/h3-8,10,15H,9H2,1-2H3. The van der Waals surface area contributed by atoms with Crippen LogP contribution in [0.1, 0.15) is 23.5 Å². The molecule has 1 unspecified atom stereocenters. The summed E-state index contributed by atoms with van der Waals surface area (Å²) in [5.41, 5.74) is 1.22. The predicted molar refractivity (Wildman–Crippen MR) is 70.4 cm³/mol. The van der Waals surface area contributed by atoms with Crippen molar-refractivity contribution < 1.29 is 4.74 Å². The molecule has 1 N–H and O–H groups in total. The Morgan fingerprint density at radius 3 is 3.06 bits per heavy atom. The minimum absolute atomic E-state index is 0.279. The molecule has 1 aromatic carbocycles. The normalized spacial score (nSPS) is 12.4. The monoisotopic (exact) mass is 248 g/mol. The van der Waals surface area contributed by atoms with Gasteiger partial charge in [0.05, 0.1) is 13.2 Å². The Labute approximate surface area is 105 Å². The van der Waals surface area contributed by atoms with E-state index in [2.05, 4.69) is 23.3 Å². The second-order valence-electron chi connectivity index (χ2n) is 3.82. The zero-order valence-electron chi connectivity index (χ0n) is 10.0. The van der Waals surface area contributed by atoms with Crippen molar-refractivity contribution in [1.82, 2.24) is 10.3 Å². The van der Waals surface area contributed by atoms with Gasteiger partial charge >= 0.3 is 0 Å². The molecule has 17 heavy (non-hydrogen) atoms. The highest BCUT2D eigenvalue weighted by molar-refractivity contribution is 7.09. The van der Waals surface area contributed by atoms with Gasteiger partial charge in [0.2, 0.25) is 0 Å². The summed E-state index contributed by atoms with van der Waals surface area (Å²) in [6, 6.07) is 8.37. The Balaban J connectivity index is 1.93. The van der Waals surface area contributed by atoms with Gasteiger partial charge in [-0.25, -0.2) is 4.98 Å². The number of hydrogen-bond acceptors (Lipinski definition) is 4. The number of thiazole rings is 1. The minimum atomic E-state index is 0.279. The number of methoxy groups -OCH3 is 1. The second-order valence-corrected chi connectivity index (χ2v) is 4.75. The number of hydrogen-bond donors (Lipinski definition) is 1. The molecular formula is C13H16N2OS. The molecule has 1 aromatic heterocycles. The topological polar surface area (TPSA) is 34.1 Å². The Bertz CT molecular complexity index is 456. The maximum Gasteiger partial charge on any atom is 0.119 e. The first-order valence-electron chi connectivity index (χ1n) is 5.55. The molecule has 2 rings (SSSR count). The van der Waals surface area contributed by atoms with Crippen molar-refractivity contribution in [3.05, 3.63) is 46.4 Å². The van der Waals surface area contributed by atoms with Gasteiger partial charge in [0.15, 0.2) is 0 Å². The van der Waals surface area contributed by atoms with Crippen molar-refractivity contribution in [3.8, 4) is 5.75 Å². The lowest BCUT2D eigenvalue weighted by Gasteiger charge is -2.11. The molecule has 4 heteroatoms. The minimum Gasteiger partial charge on any atom is -0.497 e. The van der Waals surface area contributed by atoms with Gasteiger partial charge in [-0.3, -0.25) is 0 Å². The molecule has 0 saturated heterocycles. The quantitative estimate of drug-likeness (QED) is 0.883. The molecule has 3 nitrogen and oxygen atoms in total. The van der Waals surface area contributed by atoms with Crippen molar-refractivity contribution in [2.75, 3.05) is 7.11 Å². The fourth-order valence-corrected chi connectivity index (χ4v) is 2.26. The summed E-state index contributed by atoms with van der Waals surface area (Å²) in [6.07, 6.45) is 1.84. The molecule has 0 bridgehead atoms. The highest BCUT2D eigenvalue weighted by atomic mass is 32.1. The zero-order valence-corrected chi connectivity index (χ0v) is 10.8. The summed E-state index contributed by atoms with van der Waals surface area (Å²) in [5, 5.41) is 6.56. The summed E-state index contributed by atoms with van der Waals surface area (Å²) in [5.74, 6) is 0.895. The van der Waals surface area contributed by atoms with E-state index in [1.807, 2.05) is 29.8 Å². The van der Waals surface area contributed by atoms with E-state index in [1.54, 1.807) is 18.4 Å². The number of rotatable bonds is 5. The van der Waals surface area contributed by atoms with Gasteiger partial charge < -0.3 is 10.1 Å². The van der Waals surface area contributed by atoms with Crippen LogP contribution in [-0.4, -0.2) is 12.1 Å². The van der Waals surface area contributed by atoms with Gasteiger partial charge in [-0.1, -0.05) is 12.1 Å². The molecule has 0 aliphatic carbocycles. The van der Waals surface area contributed by atoms with E-state index in [4.69, 9.17) is 4.74 Å². The number of ether oxygens (including phenoxy) is 1. The summed E-state index contributed by atoms with van der Waals surface area (Å²) in [6.45, 7) is 2.94. The van der Waals surface area contributed by atoms with Gasteiger partial charge in [-0.05, 0) is 24.6 Å². The third kappa shape index (κ3) is 3.28. The Kier molecular flexibility index (Phi) is 4.12. The average Bonchev–Trinajstić information content (AvgIpc) is 2.90. The fourth-order valence-electron chi connectivity index (χ4n) is 1.59. The van der Waals surface area contributed by atoms with Gasteiger partial charge in [0, 0.05) is 18.1 Å². The van der Waals surface area contributed by atoms with Crippen LogP contribution in [0.5, 0.6) is 5.75 Å². The number of nitrogens with one attached hydrogen (secondary N) is 1. The smallest absolute Gasteiger partial charge is 0.119 e. The van der Waals surface area contributed by atoms with Crippen LogP contribution in [0.3, 0.4) is 0 Å². The largest absolute Gasteiger partial charge is 0.497 e. The van der Waals surface area contributed by atoms with Gasteiger partial charge in [-0.2, -0.15) is 0 Å². The SMILES string of the molecule is COc1cccc(CNC(C)c2nccs2)c1. The van der Waals surface area contributed by atoms with Crippen LogP contribution in [0.25, 0.3) is 0 Å².